The number of benzene rings is 1. The molecular weight excluding hydrogens is 209 g/mol. The third kappa shape index (κ3) is 2.71. The van der Waals surface area contributed by atoms with Gasteiger partial charge in [0.05, 0.1) is 12.6 Å². The molecule has 1 atom stereocenters. The Morgan fingerprint density at radius 1 is 1.44 bits per heavy atom. The van der Waals surface area contributed by atoms with Crippen molar-refractivity contribution >= 4 is 0 Å². The van der Waals surface area contributed by atoms with Crippen LogP contribution in [0, 0.1) is 11.7 Å². The van der Waals surface area contributed by atoms with E-state index in [1.54, 1.807) is 6.07 Å². The van der Waals surface area contributed by atoms with Gasteiger partial charge < -0.3 is 15.5 Å². The molecular formula is C12H16FNO2. The van der Waals surface area contributed by atoms with E-state index in [4.69, 9.17) is 5.11 Å². The monoisotopic (exact) mass is 225 g/mol. The van der Waals surface area contributed by atoms with Crippen LogP contribution in [0.4, 0.5) is 4.39 Å². The van der Waals surface area contributed by atoms with Gasteiger partial charge in [0.2, 0.25) is 0 Å². The van der Waals surface area contributed by atoms with E-state index in [-0.39, 0.29) is 18.4 Å². The van der Waals surface area contributed by atoms with Crippen molar-refractivity contribution in [3.63, 3.8) is 0 Å². The molecule has 2 rings (SSSR count). The highest BCUT2D eigenvalue weighted by atomic mass is 19.1. The van der Waals surface area contributed by atoms with Crippen LogP contribution in [-0.2, 0) is 0 Å². The normalized spacial score (nSPS) is 17.4. The molecule has 1 unspecified atom stereocenters. The minimum Gasteiger partial charge on any atom is -0.505 e. The first-order chi connectivity index (χ1) is 7.70. The molecule has 1 aromatic rings. The molecule has 1 aliphatic rings. The second kappa shape index (κ2) is 4.80. The van der Waals surface area contributed by atoms with Crippen LogP contribution in [0.1, 0.15) is 24.4 Å². The molecule has 1 fully saturated rings. The summed E-state index contributed by atoms with van der Waals surface area (Å²) < 4.78 is 13.1. The van der Waals surface area contributed by atoms with Crippen LogP contribution in [0.2, 0.25) is 0 Å². The number of nitrogens with one attached hydrogen (secondary N) is 1. The molecule has 0 aromatic heterocycles. The number of phenolic OH excluding ortho intramolecular Hbond substituents is 1. The lowest BCUT2D eigenvalue weighted by Gasteiger charge is -2.16. The highest BCUT2D eigenvalue weighted by molar-refractivity contribution is 5.30. The maximum Gasteiger partial charge on any atom is 0.165 e. The van der Waals surface area contributed by atoms with E-state index in [2.05, 4.69) is 5.32 Å². The van der Waals surface area contributed by atoms with E-state index in [9.17, 15) is 9.50 Å². The molecule has 1 saturated carbocycles. The third-order valence-corrected chi connectivity index (χ3v) is 2.91. The molecule has 0 radical (unpaired) electrons. The van der Waals surface area contributed by atoms with Crippen LogP contribution in [0.3, 0.4) is 0 Å². The van der Waals surface area contributed by atoms with Gasteiger partial charge in [-0.2, -0.15) is 0 Å². The van der Waals surface area contributed by atoms with Gasteiger partial charge in [0.15, 0.2) is 11.6 Å². The Labute approximate surface area is 93.9 Å². The van der Waals surface area contributed by atoms with Gasteiger partial charge in [-0.15, -0.1) is 0 Å². The number of halogens is 1. The van der Waals surface area contributed by atoms with Crippen molar-refractivity contribution in [1.29, 1.82) is 0 Å². The average Bonchev–Trinajstić information content (AvgIpc) is 3.08. The maximum absolute atomic E-state index is 13.1. The molecule has 0 bridgehead atoms. The van der Waals surface area contributed by atoms with E-state index in [0.717, 1.165) is 6.54 Å². The van der Waals surface area contributed by atoms with E-state index >= 15 is 0 Å². The van der Waals surface area contributed by atoms with E-state index in [1.807, 2.05) is 0 Å². The zero-order valence-corrected chi connectivity index (χ0v) is 8.99. The first kappa shape index (κ1) is 11.4. The molecule has 0 spiro atoms. The number of aliphatic hydroxyl groups excluding tert-OH is 1. The Bertz CT molecular complexity index is 366. The number of phenols is 1. The molecule has 0 aliphatic heterocycles. The second-order valence-corrected chi connectivity index (χ2v) is 4.30. The van der Waals surface area contributed by atoms with Gasteiger partial charge in [0.1, 0.15) is 0 Å². The highest BCUT2D eigenvalue weighted by Crippen LogP contribution is 2.29. The fourth-order valence-electron chi connectivity index (χ4n) is 1.66. The number of hydrogen-bond donors (Lipinski definition) is 3. The summed E-state index contributed by atoms with van der Waals surface area (Å²) in [7, 11) is 0. The van der Waals surface area contributed by atoms with Crippen molar-refractivity contribution in [1.82, 2.24) is 5.32 Å². The molecule has 0 saturated heterocycles. The Morgan fingerprint density at radius 2 is 2.19 bits per heavy atom. The van der Waals surface area contributed by atoms with Crippen LogP contribution in [-0.4, -0.2) is 23.4 Å². The fourth-order valence-corrected chi connectivity index (χ4v) is 1.66. The summed E-state index contributed by atoms with van der Waals surface area (Å²) in [4.78, 5) is 0. The maximum atomic E-state index is 13.1. The van der Waals surface area contributed by atoms with Gasteiger partial charge in [-0.25, -0.2) is 4.39 Å². The second-order valence-electron chi connectivity index (χ2n) is 4.30. The summed E-state index contributed by atoms with van der Waals surface area (Å²) in [5.41, 5.74) is 0.665. The zero-order chi connectivity index (χ0) is 11.5. The summed E-state index contributed by atoms with van der Waals surface area (Å²) in [5.74, 6) is -0.303. The van der Waals surface area contributed by atoms with Crippen molar-refractivity contribution in [2.75, 3.05) is 13.2 Å². The Balaban J connectivity index is 2.02. The topological polar surface area (TPSA) is 52.5 Å². The Hall–Kier alpha value is -1.13. The lowest BCUT2D eigenvalue weighted by molar-refractivity contribution is 0.243. The van der Waals surface area contributed by atoms with Gasteiger partial charge in [0, 0.05) is 0 Å². The van der Waals surface area contributed by atoms with E-state index in [1.165, 1.54) is 25.0 Å². The van der Waals surface area contributed by atoms with Crippen molar-refractivity contribution in [3.05, 3.63) is 29.6 Å². The first-order valence-corrected chi connectivity index (χ1v) is 5.53. The smallest absolute Gasteiger partial charge is 0.165 e. The predicted octanol–water partition coefficient (Wildman–Crippen LogP) is 1.56. The minimum atomic E-state index is -0.649. The summed E-state index contributed by atoms with van der Waals surface area (Å²) in [6.45, 7) is 0.782. The lowest BCUT2D eigenvalue weighted by atomic mass is 10.1. The predicted molar refractivity (Wildman–Crippen MR) is 58.6 cm³/mol. The quantitative estimate of drug-likeness (QED) is 0.713. The van der Waals surface area contributed by atoms with Crippen LogP contribution in [0.25, 0.3) is 0 Å². The van der Waals surface area contributed by atoms with E-state index in [0.29, 0.717) is 11.5 Å². The van der Waals surface area contributed by atoms with Crippen LogP contribution >= 0.6 is 0 Å². The molecule has 88 valence electrons. The van der Waals surface area contributed by atoms with Gasteiger partial charge in [-0.3, -0.25) is 0 Å². The summed E-state index contributed by atoms with van der Waals surface area (Å²) in [5, 5.41) is 21.5. The van der Waals surface area contributed by atoms with Gasteiger partial charge in [-0.05, 0) is 43.0 Å². The Morgan fingerprint density at radius 3 is 2.75 bits per heavy atom. The summed E-state index contributed by atoms with van der Waals surface area (Å²) >= 11 is 0. The van der Waals surface area contributed by atoms with E-state index < -0.39 is 5.82 Å². The van der Waals surface area contributed by atoms with Crippen LogP contribution in [0.15, 0.2) is 18.2 Å². The van der Waals surface area contributed by atoms with Crippen LogP contribution in [0.5, 0.6) is 5.75 Å². The summed E-state index contributed by atoms with van der Waals surface area (Å²) in [6, 6.07) is 3.94. The molecule has 16 heavy (non-hydrogen) atoms. The van der Waals surface area contributed by atoms with Crippen molar-refractivity contribution in [3.8, 4) is 5.75 Å². The summed E-state index contributed by atoms with van der Waals surface area (Å²) in [6.07, 6.45) is 2.46. The standard InChI is InChI=1S/C12H16FNO2/c13-10-5-9(3-4-12(10)16)11(7-15)14-6-8-1-2-8/h3-5,8,11,14-16H,1-2,6-7H2. The van der Waals surface area contributed by atoms with Gasteiger partial charge >= 0.3 is 0 Å². The molecule has 3 nitrogen and oxygen atoms in total. The Kier molecular flexibility index (Phi) is 3.41. The molecule has 0 amide bonds. The highest BCUT2D eigenvalue weighted by Gasteiger charge is 2.22. The number of aromatic hydroxyl groups is 1. The SMILES string of the molecule is OCC(NCC1CC1)c1ccc(O)c(F)c1. The molecule has 1 aliphatic carbocycles. The largest absolute Gasteiger partial charge is 0.505 e. The lowest BCUT2D eigenvalue weighted by Crippen LogP contribution is -2.26. The number of hydrogen-bond acceptors (Lipinski definition) is 3. The fraction of sp³-hybridized carbons (Fsp3) is 0.500. The zero-order valence-electron chi connectivity index (χ0n) is 8.99. The molecule has 1 aromatic carbocycles. The molecule has 0 heterocycles. The van der Waals surface area contributed by atoms with Crippen molar-refractivity contribution < 1.29 is 14.6 Å². The van der Waals surface area contributed by atoms with Crippen LogP contribution < -0.4 is 5.32 Å². The van der Waals surface area contributed by atoms with Crippen molar-refractivity contribution in [2.45, 2.75) is 18.9 Å². The molecule has 3 N–H and O–H groups in total. The minimum absolute atomic E-state index is 0.0725. The first-order valence-electron chi connectivity index (χ1n) is 5.53. The number of aliphatic hydroxyl groups is 1. The number of rotatable bonds is 5. The third-order valence-electron chi connectivity index (χ3n) is 2.91. The average molecular weight is 225 g/mol. The van der Waals surface area contributed by atoms with Gasteiger partial charge in [0.25, 0.3) is 0 Å². The molecule has 4 heteroatoms. The van der Waals surface area contributed by atoms with Gasteiger partial charge in [-0.1, -0.05) is 6.07 Å². The van der Waals surface area contributed by atoms with Crippen molar-refractivity contribution in [2.24, 2.45) is 5.92 Å².